The zero-order valence-corrected chi connectivity index (χ0v) is 11.5. The number of hydrogen-bond acceptors (Lipinski definition) is 5. The molecule has 1 aromatic carbocycles. The van der Waals surface area contributed by atoms with E-state index in [9.17, 15) is 22.8 Å². The molecule has 0 bridgehead atoms. The molecule has 0 aliphatic rings. The first kappa shape index (κ1) is 17.8. The lowest BCUT2D eigenvalue weighted by Gasteiger charge is -2.14. The van der Waals surface area contributed by atoms with E-state index >= 15 is 0 Å². The standard InChI is InChI=1S/C13H14F3NO5/c1-21-12(20)10(6-18)17-11(19)7-22-9-4-2-3-8(5-9)13(14,15)16/h2-5,10,18H,6-7H2,1H3,(H,17,19)/t10-/m0/s1. The Morgan fingerprint density at radius 1 is 1.36 bits per heavy atom. The summed E-state index contributed by atoms with van der Waals surface area (Å²) in [6, 6.07) is 2.75. The molecule has 0 spiro atoms. The Bertz CT molecular complexity index is 533. The average molecular weight is 321 g/mol. The van der Waals surface area contributed by atoms with Gasteiger partial charge in [0.25, 0.3) is 5.91 Å². The van der Waals surface area contributed by atoms with Gasteiger partial charge in [-0.05, 0) is 18.2 Å². The molecular formula is C13H14F3NO5. The van der Waals surface area contributed by atoms with Gasteiger partial charge in [-0.15, -0.1) is 0 Å². The Hall–Kier alpha value is -2.29. The maximum Gasteiger partial charge on any atom is 0.416 e. The van der Waals surface area contributed by atoms with Gasteiger partial charge in [-0.2, -0.15) is 13.2 Å². The van der Waals surface area contributed by atoms with Crippen molar-refractivity contribution in [2.45, 2.75) is 12.2 Å². The van der Waals surface area contributed by atoms with Crippen molar-refractivity contribution < 1.29 is 37.3 Å². The molecule has 0 saturated carbocycles. The van der Waals surface area contributed by atoms with Crippen LogP contribution in [0.1, 0.15) is 5.56 Å². The van der Waals surface area contributed by atoms with Gasteiger partial charge in [0, 0.05) is 0 Å². The van der Waals surface area contributed by atoms with Gasteiger partial charge in [-0.3, -0.25) is 4.79 Å². The van der Waals surface area contributed by atoms with Crippen molar-refractivity contribution in [3.63, 3.8) is 0 Å². The average Bonchev–Trinajstić information content (AvgIpc) is 2.49. The van der Waals surface area contributed by atoms with Gasteiger partial charge in [0.05, 0.1) is 19.3 Å². The SMILES string of the molecule is COC(=O)[C@H](CO)NC(=O)COc1cccc(C(F)(F)F)c1. The van der Waals surface area contributed by atoms with Crippen molar-refractivity contribution in [1.29, 1.82) is 0 Å². The summed E-state index contributed by atoms with van der Waals surface area (Å²) >= 11 is 0. The molecular weight excluding hydrogens is 307 g/mol. The molecule has 2 N–H and O–H groups in total. The lowest BCUT2D eigenvalue weighted by molar-refractivity contribution is -0.146. The van der Waals surface area contributed by atoms with Crippen LogP contribution in [-0.4, -0.2) is 43.3 Å². The van der Waals surface area contributed by atoms with E-state index in [0.29, 0.717) is 0 Å². The summed E-state index contributed by atoms with van der Waals surface area (Å²) in [7, 11) is 1.08. The van der Waals surface area contributed by atoms with Gasteiger partial charge in [0.15, 0.2) is 12.6 Å². The summed E-state index contributed by atoms with van der Waals surface area (Å²) in [5.74, 6) is -1.79. The molecule has 22 heavy (non-hydrogen) atoms. The van der Waals surface area contributed by atoms with E-state index in [1.807, 2.05) is 0 Å². The largest absolute Gasteiger partial charge is 0.484 e. The van der Waals surface area contributed by atoms with Crippen molar-refractivity contribution in [3.05, 3.63) is 29.8 Å². The fraction of sp³-hybridized carbons (Fsp3) is 0.385. The van der Waals surface area contributed by atoms with Crippen LogP contribution in [0.5, 0.6) is 5.75 Å². The van der Waals surface area contributed by atoms with Crippen molar-refractivity contribution in [2.75, 3.05) is 20.3 Å². The van der Waals surface area contributed by atoms with Gasteiger partial charge < -0.3 is 19.9 Å². The minimum atomic E-state index is -4.52. The van der Waals surface area contributed by atoms with Crippen LogP contribution in [-0.2, 0) is 20.5 Å². The van der Waals surface area contributed by atoms with E-state index in [4.69, 9.17) is 9.84 Å². The summed E-state index contributed by atoms with van der Waals surface area (Å²) in [6.07, 6.45) is -4.52. The maximum absolute atomic E-state index is 12.5. The van der Waals surface area contributed by atoms with Crippen molar-refractivity contribution in [2.24, 2.45) is 0 Å². The summed E-state index contributed by atoms with van der Waals surface area (Å²) in [4.78, 5) is 22.7. The molecule has 6 nitrogen and oxygen atoms in total. The van der Waals surface area contributed by atoms with Gasteiger partial charge in [0.1, 0.15) is 5.75 Å². The van der Waals surface area contributed by atoms with Crippen LogP contribution in [0, 0.1) is 0 Å². The number of hydrogen-bond donors (Lipinski definition) is 2. The minimum absolute atomic E-state index is 0.149. The molecule has 1 aromatic rings. The van der Waals surface area contributed by atoms with Crippen LogP contribution >= 0.6 is 0 Å². The van der Waals surface area contributed by atoms with E-state index in [0.717, 1.165) is 25.3 Å². The number of esters is 1. The molecule has 1 rings (SSSR count). The van der Waals surface area contributed by atoms with Crippen LogP contribution in [0.15, 0.2) is 24.3 Å². The molecule has 1 amide bonds. The summed E-state index contributed by atoms with van der Waals surface area (Å²) in [5.41, 5.74) is -0.909. The van der Waals surface area contributed by atoms with Crippen molar-refractivity contribution in [1.82, 2.24) is 5.32 Å². The number of carbonyl (C=O) groups excluding carboxylic acids is 2. The zero-order chi connectivity index (χ0) is 16.8. The predicted octanol–water partition coefficient (Wildman–Crippen LogP) is 0.734. The highest BCUT2D eigenvalue weighted by Gasteiger charge is 2.30. The first-order valence-electron chi connectivity index (χ1n) is 6.06. The van der Waals surface area contributed by atoms with E-state index in [1.54, 1.807) is 0 Å². The monoisotopic (exact) mass is 321 g/mol. The number of aliphatic hydroxyl groups is 1. The Balaban J connectivity index is 2.59. The Morgan fingerprint density at radius 3 is 2.59 bits per heavy atom. The second-order valence-electron chi connectivity index (χ2n) is 4.14. The number of nitrogens with one attached hydrogen (secondary N) is 1. The van der Waals surface area contributed by atoms with Crippen molar-refractivity contribution >= 4 is 11.9 Å². The smallest absolute Gasteiger partial charge is 0.416 e. The number of rotatable bonds is 6. The Morgan fingerprint density at radius 2 is 2.05 bits per heavy atom. The molecule has 1 atom stereocenters. The Kier molecular flexibility index (Phi) is 6.17. The van der Waals surface area contributed by atoms with Crippen LogP contribution in [0.3, 0.4) is 0 Å². The summed E-state index contributed by atoms with van der Waals surface area (Å²) < 4.78 is 46.8. The molecule has 0 heterocycles. The highest BCUT2D eigenvalue weighted by atomic mass is 19.4. The quantitative estimate of drug-likeness (QED) is 0.755. The third-order valence-electron chi connectivity index (χ3n) is 2.53. The molecule has 0 radical (unpaired) electrons. The van der Waals surface area contributed by atoms with Gasteiger partial charge in [-0.25, -0.2) is 4.79 Å². The minimum Gasteiger partial charge on any atom is -0.484 e. The molecule has 0 aliphatic carbocycles. The van der Waals surface area contributed by atoms with Gasteiger partial charge >= 0.3 is 12.1 Å². The van der Waals surface area contributed by atoms with Gasteiger partial charge in [-0.1, -0.05) is 6.07 Å². The zero-order valence-electron chi connectivity index (χ0n) is 11.5. The van der Waals surface area contributed by atoms with Crippen LogP contribution in [0.2, 0.25) is 0 Å². The predicted molar refractivity (Wildman–Crippen MR) is 68.0 cm³/mol. The van der Waals surface area contributed by atoms with Gasteiger partial charge in [0.2, 0.25) is 0 Å². The molecule has 0 fully saturated rings. The highest BCUT2D eigenvalue weighted by molar-refractivity contribution is 5.85. The second-order valence-corrected chi connectivity index (χ2v) is 4.14. The Labute approximate surface area is 123 Å². The number of halogens is 3. The maximum atomic E-state index is 12.5. The fourth-order valence-electron chi connectivity index (χ4n) is 1.47. The molecule has 0 unspecified atom stereocenters. The van der Waals surface area contributed by atoms with Crippen LogP contribution in [0.25, 0.3) is 0 Å². The number of ether oxygens (including phenoxy) is 2. The number of aliphatic hydroxyl groups excluding tert-OH is 1. The first-order valence-corrected chi connectivity index (χ1v) is 6.06. The third kappa shape index (κ3) is 5.24. The molecule has 0 saturated heterocycles. The third-order valence-corrected chi connectivity index (χ3v) is 2.53. The van der Waals surface area contributed by atoms with E-state index < -0.39 is 42.9 Å². The number of carbonyl (C=O) groups is 2. The van der Waals surface area contributed by atoms with Crippen LogP contribution < -0.4 is 10.1 Å². The molecule has 9 heteroatoms. The molecule has 0 aliphatic heterocycles. The van der Waals surface area contributed by atoms with E-state index in [2.05, 4.69) is 10.1 Å². The lowest BCUT2D eigenvalue weighted by Crippen LogP contribution is -2.45. The molecule has 0 aromatic heterocycles. The topological polar surface area (TPSA) is 84.9 Å². The fourth-order valence-corrected chi connectivity index (χ4v) is 1.47. The summed E-state index contributed by atoms with van der Waals surface area (Å²) in [5, 5.41) is 11.0. The number of amides is 1. The van der Waals surface area contributed by atoms with E-state index in [-0.39, 0.29) is 5.75 Å². The second kappa shape index (κ2) is 7.64. The lowest BCUT2D eigenvalue weighted by atomic mass is 10.2. The highest BCUT2D eigenvalue weighted by Crippen LogP contribution is 2.31. The first-order chi connectivity index (χ1) is 10.3. The summed E-state index contributed by atoms with van der Waals surface area (Å²) in [6.45, 7) is -1.29. The van der Waals surface area contributed by atoms with E-state index in [1.165, 1.54) is 6.07 Å². The molecule has 122 valence electrons. The number of benzene rings is 1. The van der Waals surface area contributed by atoms with Crippen LogP contribution in [0.4, 0.5) is 13.2 Å². The number of methoxy groups -OCH3 is 1. The normalized spacial score (nSPS) is 12.4. The number of alkyl halides is 3. The van der Waals surface area contributed by atoms with Crippen molar-refractivity contribution in [3.8, 4) is 5.75 Å².